The summed E-state index contributed by atoms with van der Waals surface area (Å²) in [7, 11) is 1.80. The van der Waals surface area contributed by atoms with E-state index < -0.39 is 0 Å². The molecular weight excluding hydrogens is 479 g/mol. The molecule has 29 heavy (non-hydrogen) atoms. The highest BCUT2D eigenvalue weighted by atomic mass is 127. The second-order valence-corrected chi connectivity index (χ2v) is 8.34. The molecule has 0 aliphatic carbocycles. The van der Waals surface area contributed by atoms with Crippen LogP contribution in [0.25, 0.3) is 5.82 Å². The van der Waals surface area contributed by atoms with Crippen molar-refractivity contribution in [1.82, 2.24) is 25.4 Å². The minimum atomic E-state index is 0. The highest BCUT2D eigenvalue weighted by Crippen LogP contribution is 2.33. The number of guanidine groups is 1. The molecule has 0 radical (unpaired) electrons. The lowest BCUT2D eigenvalue weighted by molar-refractivity contribution is -0.0835. The number of ether oxygens (including phenoxy) is 1. The van der Waals surface area contributed by atoms with Crippen LogP contribution < -0.4 is 10.6 Å². The average Bonchev–Trinajstić information content (AvgIpc) is 3.23. The minimum absolute atomic E-state index is 0. The Hall–Kier alpha value is -1.68. The molecule has 0 spiro atoms. The Kier molecular flexibility index (Phi) is 8.88. The number of nitrogens with one attached hydrogen (secondary N) is 2. The number of nitrogens with zero attached hydrogens (tertiary/aromatic N) is 4. The van der Waals surface area contributed by atoms with Gasteiger partial charge in [0.15, 0.2) is 11.8 Å². The molecule has 3 rings (SSSR count). The van der Waals surface area contributed by atoms with Gasteiger partial charge in [0.2, 0.25) is 0 Å². The molecule has 1 aliphatic rings. The van der Waals surface area contributed by atoms with E-state index in [0.29, 0.717) is 12.5 Å². The number of hydrogen-bond donors (Lipinski definition) is 2. The average molecular weight is 512 g/mol. The van der Waals surface area contributed by atoms with Crippen LogP contribution in [0, 0.1) is 11.3 Å². The highest BCUT2D eigenvalue weighted by molar-refractivity contribution is 14.0. The lowest BCUT2D eigenvalue weighted by Crippen LogP contribution is -2.47. The van der Waals surface area contributed by atoms with Crippen molar-refractivity contribution in [3.63, 3.8) is 0 Å². The van der Waals surface area contributed by atoms with Crippen molar-refractivity contribution >= 4 is 29.9 Å². The summed E-state index contributed by atoms with van der Waals surface area (Å²) in [6.07, 6.45) is 8.01. The van der Waals surface area contributed by atoms with Gasteiger partial charge in [0.05, 0.1) is 6.10 Å². The van der Waals surface area contributed by atoms with Gasteiger partial charge in [-0.05, 0) is 42.0 Å². The number of hydrogen-bond acceptors (Lipinski definition) is 4. The zero-order valence-corrected chi connectivity index (χ0v) is 20.1. The SMILES string of the molecule is CN=C(NCc1ccnc(-n2cccn2)c1)NCC1CCCOC1C(C)(C)C.I. The maximum atomic E-state index is 6.08. The Morgan fingerprint density at radius 1 is 1.31 bits per heavy atom. The van der Waals surface area contributed by atoms with Crippen LogP contribution in [0.15, 0.2) is 41.8 Å². The van der Waals surface area contributed by atoms with Gasteiger partial charge in [-0.3, -0.25) is 4.99 Å². The van der Waals surface area contributed by atoms with Crippen molar-refractivity contribution in [1.29, 1.82) is 0 Å². The Bertz CT molecular complexity index is 772. The Balaban J connectivity index is 0.00000300. The molecule has 2 N–H and O–H groups in total. The van der Waals surface area contributed by atoms with Gasteiger partial charge in [-0.2, -0.15) is 5.10 Å². The summed E-state index contributed by atoms with van der Waals surface area (Å²) in [5.41, 5.74) is 1.26. The fourth-order valence-electron chi connectivity index (χ4n) is 3.74. The van der Waals surface area contributed by atoms with Crippen molar-refractivity contribution in [3.8, 4) is 5.82 Å². The van der Waals surface area contributed by atoms with E-state index in [2.05, 4.69) is 46.5 Å². The Labute approximate surface area is 190 Å². The Morgan fingerprint density at radius 3 is 2.83 bits per heavy atom. The summed E-state index contributed by atoms with van der Waals surface area (Å²) in [6.45, 7) is 9.15. The predicted octanol–water partition coefficient (Wildman–Crippen LogP) is 3.39. The van der Waals surface area contributed by atoms with E-state index in [1.807, 2.05) is 24.4 Å². The normalized spacial score (nSPS) is 20.1. The van der Waals surface area contributed by atoms with Gasteiger partial charge in [-0.25, -0.2) is 9.67 Å². The molecule has 3 heterocycles. The molecule has 1 saturated heterocycles. The van der Waals surface area contributed by atoms with E-state index in [0.717, 1.165) is 36.9 Å². The topological polar surface area (TPSA) is 76.4 Å². The quantitative estimate of drug-likeness (QED) is 0.365. The first-order valence-corrected chi connectivity index (χ1v) is 9.98. The molecule has 0 saturated carbocycles. The summed E-state index contributed by atoms with van der Waals surface area (Å²) in [6, 6.07) is 5.91. The predicted molar refractivity (Wildman–Crippen MR) is 127 cm³/mol. The number of pyridine rings is 1. The van der Waals surface area contributed by atoms with Crippen LogP contribution in [-0.2, 0) is 11.3 Å². The van der Waals surface area contributed by atoms with Crippen LogP contribution in [0.2, 0.25) is 0 Å². The van der Waals surface area contributed by atoms with Crippen molar-refractivity contribution < 1.29 is 4.74 Å². The van der Waals surface area contributed by atoms with Gasteiger partial charge in [0.1, 0.15) is 0 Å². The second-order valence-electron chi connectivity index (χ2n) is 8.34. The monoisotopic (exact) mass is 512 g/mol. The van der Waals surface area contributed by atoms with Crippen molar-refractivity contribution in [2.24, 2.45) is 16.3 Å². The third-order valence-corrected chi connectivity index (χ3v) is 5.06. The second kappa shape index (κ2) is 10.9. The maximum Gasteiger partial charge on any atom is 0.191 e. The first-order valence-electron chi connectivity index (χ1n) is 9.98. The number of rotatable bonds is 5. The zero-order valence-electron chi connectivity index (χ0n) is 17.8. The summed E-state index contributed by atoms with van der Waals surface area (Å²) in [5.74, 6) is 2.09. The van der Waals surface area contributed by atoms with Crippen LogP contribution >= 0.6 is 24.0 Å². The van der Waals surface area contributed by atoms with Gasteiger partial charge in [0.25, 0.3) is 0 Å². The highest BCUT2D eigenvalue weighted by Gasteiger charge is 2.35. The molecule has 1 aliphatic heterocycles. The van der Waals surface area contributed by atoms with Crippen LogP contribution in [0.3, 0.4) is 0 Å². The molecule has 8 heteroatoms. The van der Waals surface area contributed by atoms with Crippen molar-refractivity contribution in [3.05, 3.63) is 42.4 Å². The molecular formula is C21H33IN6O. The molecule has 0 bridgehead atoms. The standard InChI is InChI=1S/C21H32N6O.HI/c1-21(2,3)19-17(7-5-12-28-19)15-25-20(22-4)24-14-16-8-10-23-18(13-16)27-11-6-9-26-27;/h6,8-11,13,17,19H,5,7,12,14-15H2,1-4H3,(H2,22,24,25);1H. The van der Waals surface area contributed by atoms with E-state index in [1.54, 1.807) is 24.1 Å². The van der Waals surface area contributed by atoms with Crippen molar-refractivity contribution in [2.75, 3.05) is 20.2 Å². The van der Waals surface area contributed by atoms with Crippen molar-refractivity contribution in [2.45, 2.75) is 46.3 Å². The first-order chi connectivity index (χ1) is 13.5. The fourth-order valence-corrected chi connectivity index (χ4v) is 3.74. The lowest BCUT2D eigenvalue weighted by atomic mass is 9.78. The zero-order chi connectivity index (χ0) is 20.0. The molecule has 2 aromatic heterocycles. The van der Waals surface area contributed by atoms with Gasteiger partial charge in [-0.15, -0.1) is 24.0 Å². The summed E-state index contributed by atoms with van der Waals surface area (Å²) < 4.78 is 7.84. The van der Waals surface area contributed by atoms with Crippen LogP contribution in [0.4, 0.5) is 0 Å². The number of aliphatic imine (C=N–C) groups is 1. The van der Waals surface area contributed by atoms with Gasteiger partial charge in [0, 0.05) is 51.3 Å². The van der Waals surface area contributed by atoms with Crippen LogP contribution in [0.5, 0.6) is 0 Å². The number of halogens is 1. The van der Waals surface area contributed by atoms with Crippen LogP contribution in [-0.4, -0.2) is 47.0 Å². The molecule has 2 unspecified atom stereocenters. The molecule has 2 aromatic rings. The smallest absolute Gasteiger partial charge is 0.191 e. The van der Waals surface area contributed by atoms with Crippen LogP contribution in [0.1, 0.15) is 39.2 Å². The van der Waals surface area contributed by atoms with E-state index in [-0.39, 0.29) is 35.5 Å². The molecule has 0 aromatic carbocycles. The minimum Gasteiger partial charge on any atom is -0.377 e. The van der Waals surface area contributed by atoms with E-state index in [4.69, 9.17) is 4.74 Å². The molecule has 1 fully saturated rings. The largest absolute Gasteiger partial charge is 0.377 e. The summed E-state index contributed by atoms with van der Waals surface area (Å²) in [4.78, 5) is 8.74. The van der Waals surface area contributed by atoms with Gasteiger partial charge < -0.3 is 15.4 Å². The third-order valence-electron chi connectivity index (χ3n) is 5.06. The molecule has 2 atom stereocenters. The summed E-state index contributed by atoms with van der Waals surface area (Å²) >= 11 is 0. The maximum absolute atomic E-state index is 6.08. The lowest BCUT2D eigenvalue weighted by Gasteiger charge is -2.40. The number of aromatic nitrogens is 3. The fraction of sp³-hybridized carbons (Fsp3) is 0.571. The summed E-state index contributed by atoms with van der Waals surface area (Å²) in [5, 5.41) is 11.1. The van der Waals surface area contributed by atoms with E-state index >= 15 is 0 Å². The first kappa shape index (κ1) is 23.6. The van der Waals surface area contributed by atoms with E-state index in [9.17, 15) is 0 Å². The third kappa shape index (κ3) is 6.67. The van der Waals surface area contributed by atoms with Gasteiger partial charge in [-0.1, -0.05) is 20.8 Å². The Morgan fingerprint density at radius 2 is 2.14 bits per heavy atom. The molecule has 160 valence electrons. The van der Waals surface area contributed by atoms with Gasteiger partial charge >= 0.3 is 0 Å². The van der Waals surface area contributed by atoms with E-state index in [1.165, 1.54) is 6.42 Å². The molecule has 7 nitrogen and oxygen atoms in total. The molecule has 0 amide bonds.